The average molecular weight is 226 g/mol. The monoisotopic (exact) mass is 226 g/mol. The van der Waals surface area contributed by atoms with E-state index in [1.165, 1.54) is 0 Å². The molecule has 2 atom stereocenters. The summed E-state index contributed by atoms with van der Waals surface area (Å²) in [6, 6.07) is 0.690. The topological polar surface area (TPSA) is 54.2 Å². The highest BCUT2D eigenvalue weighted by Gasteiger charge is 2.15. The van der Waals surface area contributed by atoms with Gasteiger partial charge in [-0.25, -0.2) is 0 Å². The molecule has 0 radical (unpaired) electrons. The van der Waals surface area contributed by atoms with Gasteiger partial charge in [-0.2, -0.15) is 0 Å². The first kappa shape index (κ1) is 13.0. The Bertz CT molecular complexity index is 313. The Morgan fingerprint density at radius 3 is 2.62 bits per heavy atom. The predicted octanol–water partition coefficient (Wildman–Crippen LogP) is 1.83. The quantitative estimate of drug-likeness (QED) is 0.802. The average Bonchev–Trinajstić information content (AvgIpc) is 2.77. The first-order valence-corrected chi connectivity index (χ1v) is 5.80. The summed E-state index contributed by atoms with van der Waals surface area (Å²) < 4.78 is 5.58. The Kier molecular flexibility index (Phi) is 4.73. The number of aromatic nitrogens is 2. The zero-order chi connectivity index (χ0) is 12.1. The minimum atomic E-state index is 0.0956. The van der Waals surface area contributed by atoms with E-state index in [1.807, 2.05) is 25.9 Å². The van der Waals surface area contributed by atoms with Crippen LogP contribution in [-0.4, -0.2) is 30.8 Å². The largest absolute Gasteiger partial charge is 0.406 e. The van der Waals surface area contributed by atoms with E-state index in [-0.39, 0.29) is 6.04 Å². The molecular weight excluding hydrogens is 204 g/mol. The van der Waals surface area contributed by atoms with E-state index in [9.17, 15) is 0 Å². The fourth-order valence-corrected chi connectivity index (χ4v) is 1.35. The van der Waals surface area contributed by atoms with Crippen LogP contribution in [0.4, 0.5) is 6.01 Å². The highest BCUT2D eigenvalue weighted by Crippen LogP contribution is 2.17. The van der Waals surface area contributed by atoms with Crippen LogP contribution in [-0.2, 0) is 0 Å². The minimum Gasteiger partial charge on any atom is -0.406 e. The summed E-state index contributed by atoms with van der Waals surface area (Å²) in [7, 11) is 3.85. The second-order valence-electron chi connectivity index (χ2n) is 4.33. The van der Waals surface area contributed by atoms with Crippen LogP contribution in [0.1, 0.15) is 39.1 Å². The first-order valence-electron chi connectivity index (χ1n) is 5.80. The molecule has 0 spiro atoms. The lowest BCUT2D eigenvalue weighted by atomic mass is 10.1. The fourth-order valence-electron chi connectivity index (χ4n) is 1.35. The Labute approximate surface area is 97.2 Å². The Morgan fingerprint density at radius 2 is 2.06 bits per heavy atom. The standard InChI is InChI=1S/C11H22N4O/c1-6-8(2)7-15(5)11-14-13-10(16-11)9(3)12-4/h8-9,12H,6-7H2,1-5H3. The van der Waals surface area contributed by atoms with Crippen LogP contribution in [0.3, 0.4) is 0 Å². The number of anilines is 1. The Morgan fingerprint density at radius 1 is 1.38 bits per heavy atom. The Balaban J connectivity index is 2.62. The molecule has 1 heterocycles. The summed E-state index contributed by atoms with van der Waals surface area (Å²) in [5.74, 6) is 1.26. The molecule has 0 aliphatic rings. The van der Waals surface area contributed by atoms with Crippen molar-refractivity contribution in [2.24, 2.45) is 5.92 Å². The van der Waals surface area contributed by atoms with Gasteiger partial charge in [-0.1, -0.05) is 25.4 Å². The van der Waals surface area contributed by atoms with E-state index in [0.29, 0.717) is 17.8 Å². The number of nitrogens with one attached hydrogen (secondary N) is 1. The SMILES string of the molecule is CCC(C)CN(C)c1nnc(C(C)NC)o1. The highest BCUT2D eigenvalue weighted by atomic mass is 16.4. The van der Waals surface area contributed by atoms with Crippen molar-refractivity contribution in [3.05, 3.63) is 5.89 Å². The minimum absolute atomic E-state index is 0.0956. The highest BCUT2D eigenvalue weighted by molar-refractivity contribution is 5.22. The van der Waals surface area contributed by atoms with Crippen molar-refractivity contribution >= 4 is 6.01 Å². The molecule has 0 saturated carbocycles. The fraction of sp³-hybridized carbons (Fsp3) is 0.818. The molecule has 0 aromatic carbocycles. The third-order valence-corrected chi connectivity index (χ3v) is 2.84. The number of nitrogens with zero attached hydrogens (tertiary/aromatic N) is 3. The smallest absolute Gasteiger partial charge is 0.317 e. The molecule has 0 aliphatic heterocycles. The van der Waals surface area contributed by atoms with Gasteiger partial charge in [0.2, 0.25) is 5.89 Å². The summed E-state index contributed by atoms with van der Waals surface area (Å²) in [6.07, 6.45) is 1.15. The van der Waals surface area contributed by atoms with Crippen LogP contribution >= 0.6 is 0 Å². The van der Waals surface area contributed by atoms with Gasteiger partial charge in [0.1, 0.15) is 0 Å². The van der Waals surface area contributed by atoms with E-state index in [1.54, 1.807) is 0 Å². The van der Waals surface area contributed by atoms with Crippen LogP contribution in [0.25, 0.3) is 0 Å². The zero-order valence-electron chi connectivity index (χ0n) is 10.8. The van der Waals surface area contributed by atoms with Crippen LogP contribution < -0.4 is 10.2 Å². The lowest BCUT2D eigenvalue weighted by molar-refractivity contribution is 0.426. The van der Waals surface area contributed by atoms with Gasteiger partial charge < -0.3 is 14.6 Å². The maximum absolute atomic E-state index is 5.58. The molecule has 0 bridgehead atoms. The molecule has 1 aromatic rings. The van der Waals surface area contributed by atoms with E-state index in [4.69, 9.17) is 4.42 Å². The van der Waals surface area contributed by atoms with Crippen molar-refractivity contribution in [1.29, 1.82) is 0 Å². The molecule has 1 rings (SSSR count). The number of hydrogen-bond acceptors (Lipinski definition) is 5. The normalized spacial score (nSPS) is 14.8. The first-order chi connectivity index (χ1) is 7.58. The molecular formula is C11H22N4O. The number of hydrogen-bond donors (Lipinski definition) is 1. The van der Waals surface area contributed by atoms with Gasteiger partial charge in [-0.15, -0.1) is 5.10 Å². The number of rotatable bonds is 6. The van der Waals surface area contributed by atoms with E-state index in [0.717, 1.165) is 13.0 Å². The van der Waals surface area contributed by atoms with Crippen molar-refractivity contribution in [3.63, 3.8) is 0 Å². The second kappa shape index (κ2) is 5.84. The van der Waals surface area contributed by atoms with Crippen molar-refractivity contribution < 1.29 is 4.42 Å². The van der Waals surface area contributed by atoms with Crippen LogP contribution in [0, 0.1) is 5.92 Å². The molecule has 5 nitrogen and oxygen atoms in total. The van der Waals surface area contributed by atoms with Crippen molar-refractivity contribution in [2.75, 3.05) is 25.5 Å². The van der Waals surface area contributed by atoms with Crippen molar-refractivity contribution in [3.8, 4) is 0 Å². The molecule has 16 heavy (non-hydrogen) atoms. The lowest BCUT2D eigenvalue weighted by Crippen LogP contribution is -2.23. The molecule has 0 fully saturated rings. The summed E-state index contributed by atoms with van der Waals surface area (Å²) in [5, 5.41) is 11.1. The third kappa shape index (κ3) is 3.20. The summed E-state index contributed by atoms with van der Waals surface area (Å²) in [6.45, 7) is 7.32. The summed E-state index contributed by atoms with van der Waals surface area (Å²) in [4.78, 5) is 2.01. The van der Waals surface area contributed by atoms with Crippen LogP contribution in [0.15, 0.2) is 4.42 Å². The molecule has 0 saturated heterocycles. The molecule has 0 aliphatic carbocycles. The second-order valence-corrected chi connectivity index (χ2v) is 4.33. The van der Waals surface area contributed by atoms with Gasteiger partial charge in [0.05, 0.1) is 6.04 Å². The van der Waals surface area contributed by atoms with Crippen LogP contribution in [0.2, 0.25) is 0 Å². The van der Waals surface area contributed by atoms with Gasteiger partial charge >= 0.3 is 6.01 Å². The van der Waals surface area contributed by atoms with Gasteiger partial charge in [0.15, 0.2) is 0 Å². The van der Waals surface area contributed by atoms with Gasteiger partial charge in [-0.3, -0.25) is 0 Å². The summed E-state index contributed by atoms with van der Waals surface area (Å²) in [5.41, 5.74) is 0. The molecule has 5 heteroatoms. The van der Waals surface area contributed by atoms with Gasteiger partial charge in [0.25, 0.3) is 0 Å². The molecule has 0 amide bonds. The van der Waals surface area contributed by atoms with E-state index in [2.05, 4.69) is 29.4 Å². The summed E-state index contributed by atoms with van der Waals surface area (Å²) >= 11 is 0. The Hall–Kier alpha value is -1.10. The third-order valence-electron chi connectivity index (χ3n) is 2.84. The molecule has 2 unspecified atom stereocenters. The van der Waals surface area contributed by atoms with E-state index >= 15 is 0 Å². The molecule has 1 aromatic heterocycles. The maximum atomic E-state index is 5.58. The molecule has 1 N–H and O–H groups in total. The van der Waals surface area contributed by atoms with Crippen LogP contribution in [0.5, 0.6) is 0 Å². The maximum Gasteiger partial charge on any atom is 0.317 e. The van der Waals surface area contributed by atoms with Crippen molar-refractivity contribution in [2.45, 2.75) is 33.2 Å². The lowest BCUT2D eigenvalue weighted by Gasteiger charge is -2.17. The molecule has 92 valence electrons. The van der Waals surface area contributed by atoms with Gasteiger partial charge in [-0.05, 0) is 19.9 Å². The van der Waals surface area contributed by atoms with Crippen molar-refractivity contribution in [1.82, 2.24) is 15.5 Å². The van der Waals surface area contributed by atoms with E-state index < -0.39 is 0 Å². The van der Waals surface area contributed by atoms with Gasteiger partial charge in [0, 0.05) is 13.6 Å². The predicted molar refractivity (Wildman–Crippen MR) is 64.5 cm³/mol. The zero-order valence-corrected chi connectivity index (χ0v) is 10.8.